The summed E-state index contributed by atoms with van der Waals surface area (Å²) in [5.41, 5.74) is -1.71. The Balaban J connectivity index is 2.35. The normalized spacial score (nSPS) is 11.2. The largest absolute Gasteiger partial charge is 0.416 e. The molecule has 0 aliphatic heterocycles. The SMILES string of the molecule is Cc1c(NC(=O)c2ccc[nH]c2=O)cccc1C(F)(F)F. The maximum atomic E-state index is 12.8. The molecule has 0 saturated carbocycles. The Bertz CT molecular complexity index is 735. The van der Waals surface area contributed by atoms with Gasteiger partial charge in [0.05, 0.1) is 5.56 Å². The Labute approximate surface area is 117 Å². The molecular weight excluding hydrogens is 285 g/mol. The summed E-state index contributed by atoms with van der Waals surface area (Å²) in [6, 6.07) is 6.22. The molecule has 21 heavy (non-hydrogen) atoms. The Morgan fingerprint density at radius 2 is 1.90 bits per heavy atom. The van der Waals surface area contributed by atoms with Gasteiger partial charge in [0.25, 0.3) is 11.5 Å². The molecule has 7 heteroatoms. The number of aromatic nitrogens is 1. The molecule has 0 spiro atoms. The first-order valence-corrected chi connectivity index (χ1v) is 5.96. The summed E-state index contributed by atoms with van der Waals surface area (Å²) in [5, 5.41) is 2.32. The first-order valence-electron chi connectivity index (χ1n) is 5.96. The molecule has 0 aliphatic rings. The van der Waals surface area contributed by atoms with Gasteiger partial charge < -0.3 is 10.3 Å². The van der Waals surface area contributed by atoms with Crippen molar-refractivity contribution >= 4 is 11.6 Å². The maximum Gasteiger partial charge on any atom is 0.416 e. The fourth-order valence-corrected chi connectivity index (χ4v) is 1.87. The van der Waals surface area contributed by atoms with Gasteiger partial charge in [0, 0.05) is 11.9 Å². The average molecular weight is 296 g/mol. The molecule has 1 aromatic heterocycles. The molecule has 1 heterocycles. The lowest BCUT2D eigenvalue weighted by Crippen LogP contribution is -2.23. The number of hydrogen-bond acceptors (Lipinski definition) is 2. The molecule has 0 saturated heterocycles. The van der Waals surface area contributed by atoms with Gasteiger partial charge in [0.2, 0.25) is 0 Å². The first-order chi connectivity index (χ1) is 9.80. The van der Waals surface area contributed by atoms with Gasteiger partial charge >= 0.3 is 6.18 Å². The molecule has 1 aromatic carbocycles. The maximum absolute atomic E-state index is 12.8. The number of carbonyl (C=O) groups is 1. The van der Waals surface area contributed by atoms with Crippen LogP contribution < -0.4 is 10.9 Å². The fraction of sp³-hybridized carbons (Fsp3) is 0.143. The van der Waals surface area contributed by atoms with Crippen LogP contribution in [0.2, 0.25) is 0 Å². The van der Waals surface area contributed by atoms with Crippen LogP contribution in [0, 0.1) is 6.92 Å². The first kappa shape index (κ1) is 14.8. The van der Waals surface area contributed by atoms with E-state index in [1.165, 1.54) is 37.4 Å². The van der Waals surface area contributed by atoms with Gasteiger partial charge in [-0.25, -0.2) is 0 Å². The number of benzene rings is 1. The summed E-state index contributed by atoms with van der Waals surface area (Å²) < 4.78 is 38.4. The van der Waals surface area contributed by atoms with Crippen LogP contribution in [0.5, 0.6) is 0 Å². The van der Waals surface area contributed by atoms with Crippen molar-refractivity contribution in [3.05, 3.63) is 63.6 Å². The lowest BCUT2D eigenvalue weighted by Gasteiger charge is -2.14. The van der Waals surface area contributed by atoms with Gasteiger partial charge in [-0.05, 0) is 36.8 Å². The second-order valence-electron chi connectivity index (χ2n) is 4.34. The summed E-state index contributed by atoms with van der Waals surface area (Å²) >= 11 is 0. The molecule has 4 nitrogen and oxygen atoms in total. The number of H-pyrrole nitrogens is 1. The average Bonchev–Trinajstić information content (AvgIpc) is 2.40. The lowest BCUT2D eigenvalue weighted by molar-refractivity contribution is -0.138. The standard InChI is InChI=1S/C14H11F3N2O2/c1-8-10(14(15,16)17)5-2-6-11(8)19-13(21)9-4-3-7-18-12(9)20/h2-7H,1H3,(H,18,20)(H,19,21). The van der Waals surface area contributed by atoms with Crippen molar-refractivity contribution in [1.82, 2.24) is 4.98 Å². The number of rotatable bonds is 2. The Morgan fingerprint density at radius 1 is 1.19 bits per heavy atom. The number of nitrogens with one attached hydrogen (secondary N) is 2. The zero-order valence-electron chi connectivity index (χ0n) is 10.9. The topological polar surface area (TPSA) is 62.0 Å². The van der Waals surface area contributed by atoms with E-state index >= 15 is 0 Å². The quantitative estimate of drug-likeness (QED) is 0.895. The molecule has 0 unspecified atom stereocenters. The van der Waals surface area contributed by atoms with E-state index in [2.05, 4.69) is 10.3 Å². The molecule has 2 N–H and O–H groups in total. The van der Waals surface area contributed by atoms with E-state index in [0.717, 1.165) is 6.07 Å². The summed E-state index contributed by atoms with van der Waals surface area (Å²) in [5.74, 6) is -0.765. The van der Waals surface area contributed by atoms with Crippen LogP contribution in [-0.4, -0.2) is 10.9 Å². The minimum absolute atomic E-state index is 0.0121. The zero-order valence-corrected chi connectivity index (χ0v) is 10.9. The predicted octanol–water partition coefficient (Wildman–Crippen LogP) is 2.95. The molecule has 0 atom stereocenters. The highest BCUT2D eigenvalue weighted by molar-refractivity contribution is 6.04. The number of anilines is 1. The van der Waals surface area contributed by atoms with Crippen LogP contribution in [0.1, 0.15) is 21.5 Å². The highest BCUT2D eigenvalue weighted by Gasteiger charge is 2.33. The lowest BCUT2D eigenvalue weighted by atomic mass is 10.1. The van der Waals surface area contributed by atoms with E-state index in [-0.39, 0.29) is 16.8 Å². The number of carbonyl (C=O) groups excluding carboxylic acids is 1. The number of aromatic amines is 1. The summed E-state index contributed by atoms with van der Waals surface area (Å²) in [4.78, 5) is 25.7. The molecule has 2 rings (SSSR count). The monoisotopic (exact) mass is 296 g/mol. The van der Waals surface area contributed by atoms with Gasteiger partial charge in [0.1, 0.15) is 5.56 Å². The molecule has 0 aliphatic carbocycles. The summed E-state index contributed by atoms with van der Waals surface area (Å²) in [7, 11) is 0. The Morgan fingerprint density at radius 3 is 2.52 bits per heavy atom. The van der Waals surface area contributed by atoms with Crippen LogP contribution in [0.25, 0.3) is 0 Å². The van der Waals surface area contributed by atoms with Crippen LogP contribution in [-0.2, 0) is 6.18 Å². The van der Waals surface area contributed by atoms with Crippen LogP contribution in [0.15, 0.2) is 41.3 Å². The Hall–Kier alpha value is -2.57. The van der Waals surface area contributed by atoms with Crippen molar-refractivity contribution in [1.29, 1.82) is 0 Å². The van der Waals surface area contributed by atoms with E-state index in [1.54, 1.807) is 0 Å². The third-order valence-corrected chi connectivity index (χ3v) is 2.95. The van der Waals surface area contributed by atoms with Gasteiger partial charge in [-0.2, -0.15) is 13.2 Å². The number of alkyl halides is 3. The van der Waals surface area contributed by atoms with E-state index in [1.807, 2.05) is 0 Å². The minimum atomic E-state index is -4.50. The number of pyridine rings is 1. The summed E-state index contributed by atoms with van der Waals surface area (Å²) in [6.07, 6.45) is -3.15. The molecule has 2 aromatic rings. The van der Waals surface area contributed by atoms with Gasteiger partial charge in [0.15, 0.2) is 0 Å². The molecule has 0 radical (unpaired) electrons. The third kappa shape index (κ3) is 3.13. The highest BCUT2D eigenvalue weighted by atomic mass is 19.4. The van der Waals surface area contributed by atoms with Crippen LogP contribution in [0.4, 0.5) is 18.9 Å². The van der Waals surface area contributed by atoms with Crippen molar-refractivity contribution in [3.8, 4) is 0 Å². The zero-order chi connectivity index (χ0) is 15.6. The molecular formula is C14H11F3N2O2. The van der Waals surface area contributed by atoms with Crippen LogP contribution in [0.3, 0.4) is 0 Å². The Kier molecular flexibility index (Phi) is 3.84. The molecule has 1 amide bonds. The number of amides is 1. The number of hydrogen-bond donors (Lipinski definition) is 2. The van der Waals surface area contributed by atoms with E-state index in [4.69, 9.17) is 0 Å². The summed E-state index contributed by atoms with van der Waals surface area (Å²) in [6.45, 7) is 1.26. The van der Waals surface area contributed by atoms with Crippen molar-refractivity contribution in [2.75, 3.05) is 5.32 Å². The van der Waals surface area contributed by atoms with Crippen molar-refractivity contribution in [2.45, 2.75) is 13.1 Å². The van der Waals surface area contributed by atoms with E-state index in [9.17, 15) is 22.8 Å². The molecule has 0 bridgehead atoms. The highest BCUT2D eigenvalue weighted by Crippen LogP contribution is 2.34. The van der Waals surface area contributed by atoms with Crippen molar-refractivity contribution < 1.29 is 18.0 Å². The predicted molar refractivity (Wildman–Crippen MR) is 71.2 cm³/mol. The van der Waals surface area contributed by atoms with Crippen molar-refractivity contribution in [2.24, 2.45) is 0 Å². The van der Waals surface area contributed by atoms with E-state index < -0.39 is 23.2 Å². The minimum Gasteiger partial charge on any atom is -0.328 e. The van der Waals surface area contributed by atoms with Crippen LogP contribution >= 0.6 is 0 Å². The second kappa shape index (κ2) is 5.43. The second-order valence-corrected chi connectivity index (χ2v) is 4.34. The smallest absolute Gasteiger partial charge is 0.328 e. The van der Waals surface area contributed by atoms with Crippen molar-refractivity contribution in [3.63, 3.8) is 0 Å². The van der Waals surface area contributed by atoms with Gasteiger partial charge in [-0.1, -0.05) is 6.07 Å². The van der Waals surface area contributed by atoms with Gasteiger partial charge in [-0.3, -0.25) is 9.59 Å². The molecule has 0 fully saturated rings. The van der Waals surface area contributed by atoms with E-state index in [0.29, 0.717) is 0 Å². The molecule has 110 valence electrons. The number of halogens is 3. The van der Waals surface area contributed by atoms with Gasteiger partial charge in [-0.15, -0.1) is 0 Å². The fourth-order valence-electron chi connectivity index (χ4n) is 1.87. The third-order valence-electron chi connectivity index (χ3n) is 2.95.